The number of piperazine rings is 1. The van der Waals surface area contributed by atoms with Crippen molar-refractivity contribution in [1.82, 2.24) is 19.2 Å². The van der Waals surface area contributed by atoms with E-state index in [2.05, 4.69) is 4.98 Å². The summed E-state index contributed by atoms with van der Waals surface area (Å²) in [7, 11) is 0. The Labute approximate surface area is 155 Å². The van der Waals surface area contributed by atoms with E-state index in [1.807, 2.05) is 0 Å². The van der Waals surface area contributed by atoms with Gasteiger partial charge in [-0.05, 0) is 18.2 Å². The summed E-state index contributed by atoms with van der Waals surface area (Å²) >= 11 is 0. The molecule has 3 heterocycles. The third kappa shape index (κ3) is 3.28. The molecule has 1 fully saturated rings. The van der Waals surface area contributed by atoms with Crippen LogP contribution in [0.1, 0.15) is 17.4 Å². The number of carbonyl (C=O) groups excluding carboxylic acids is 2. The second kappa shape index (κ2) is 6.83. The van der Waals surface area contributed by atoms with Crippen molar-refractivity contribution in [2.75, 3.05) is 26.2 Å². The molecule has 0 N–H and O–H groups in total. The maximum Gasteiger partial charge on any atom is 0.274 e. The molecule has 138 valence electrons. The van der Waals surface area contributed by atoms with Gasteiger partial charge >= 0.3 is 0 Å². The topological polar surface area (TPSA) is 57.9 Å². The van der Waals surface area contributed by atoms with Crippen LogP contribution >= 0.6 is 0 Å². The van der Waals surface area contributed by atoms with Gasteiger partial charge in [-0.3, -0.25) is 9.59 Å². The van der Waals surface area contributed by atoms with E-state index in [9.17, 15) is 14.0 Å². The molecule has 0 spiro atoms. The molecular formula is C20H19FN4O2. The predicted octanol–water partition coefficient (Wildman–Crippen LogP) is 2.44. The Morgan fingerprint density at radius 3 is 2.37 bits per heavy atom. The van der Waals surface area contributed by atoms with Crippen LogP contribution in [0.2, 0.25) is 0 Å². The number of benzene rings is 1. The molecule has 1 aromatic carbocycles. The van der Waals surface area contributed by atoms with E-state index in [4.69, 9.17) is 0 Å². The number of nitrogens with zero attached hydrogens (tertiary/aromatic N) is 4. The van der Waals surface area contributed by atoms with Crippen LogP contribution in [0.25, 0.3) is 16.8 Å². The van der Waals surface area contributed by atoms with Crippen molar-refractivity contribution in [2.24, 2.45) is 0 Å². The number of pyridine rings is 1. The largest absolute Gasteiger partial charge is 0.339 e. The van der Waals surface area contributed by atoms with Crippen LogP contribution in [0.5, 0.6) is 0 Å². The highest BCUT2D eigenvalue weighted by Gasteiger charge is 2.24. The molecule has 0 aliphatic carbocycles. The number of hydrogen-bond acceptors (Lipinski definition) is 3. The van der Waals surface area contributed by atoms with Gasteiger partial charge in [0.2, 0.25) is 5.91 Å². The highest BCUT2D eigenvalue weighted by atomic mass is 19.1. The van der Waals surface area contributed by atoms with Gasteiger partial charge in [0.25, 0.3) is 5.91 Å². The first kappa shape index (κ1) is 17.2. The molecule has 0 atom stereocenters. The van der Waals surface area contributed by atoms with Gasteiger partial charge in [0, 0.05) is 56.6 Å². The second-order valence-electron chi connectivity index (χ2n) is 6.59. The Kier molecular flexibility index (Phi) is 4.35. The summed E-state index contributed by atoms with van der Waals surface area (Å²) in [5.41, 5.74) is 2.19. The van der Waals surface area contributed by atoms with Crippen LogP contribution in [0.3, 0.4) is 0 Å². The average Bonchev–Trinajstić information content (AvgIpc) is 3.11. The van der Waals surface area contributed by atoms with Crippen molar-refractivity contribution < 1.29 is 14.0 Å². The number of carbonyl (C=O) groups is 2. The summed E-state index contributed by atoms with van der Waals surface area (Å²) < 4.78 is 15.8. The molecule has 6 nitrogen and oxygen atoms in total. The minimum atomic E-state index is -0.295. The van der Waals surface area contributed by atoms with Gasteiger partial charge in [-0.2, -0.15) is 0 Å². The van der Waals surface area contributed by atoms with Crippen molar-refractivity contribution >= 4 is 17.5 Å². The number of aromatic nitrogens is 2. The minimum Gasteiger partial charge on any atom is -0.339 e. The van der Waals surface area contributed by atoms with E-state index in [1.165, 1.54) is 13.0 Å². The number of rotatable bonds is 2. The van der Waals surface area contributed by atoms with Crippen molar-refractivity contribution in [1.29, 1.82) is 0 Å². The van der Waals surface area contributed by atoms with E-state index in [0.29, 0.717) is 48.6 Å². The Morgan fingerprint density at radius 1 is 0.963 bits per heavy atom. The standard InChI is InChI=1S/C20H19FN4O2/c1-14(26)23-8-10-24(11-9-23)20(27)18-13-25-12-15(6-7-19(25)22-18)16-4-2-3-5-17(16)21/h2-7,12-13H,8-11H2,1H3. The summed E-state index contributed by atoms with van der Waals surface area (Å²) in [5, 5.41) is 0. The number of hydrogen-bond donors (Lipinski definition) is 0. The quantitative estimate of drug-likeness (QED) is 0.700. The van der Waals surface area contributed by atoms with Gasteiger partial charge in [-0.25, -0.2) is 9.37 Å². The van der Waals surface area contributed by atoms with E-state index in [0.717, 1.165) is 0 Å². The zero-order valence-electron chi connectivity index (χ0n) is 14.9. The van der Waals surface area contributed by atoms with E-state index in [1.54, 1.807) is 56.9 Å². The molecular weight excluding hydrogens is 347 g/mol. The fraction of sp³-hybridized carbons (Fsp3) is 0.250. The van der Waals surface area contributed by atoms with Gasteiger partial charge in [-0.15, -0.1) is 0 Å². The lowest BCUT2D eigenvalue weighted by atomic mass is 10.1. The SMILES string of the molecule is CC(=O)N1CCN(C(=O)c2cn3cc(-c4ccccc4F)ccc3n2)CC1. The highest BCUT2D eigenvalue weighted by Crippen LogP contribution is 2.23. The molecule has 4 rings (SSSR count). The fourth-order valence-corrected chi connectivity index (χ4v) is 3.34. The van der Waals surface area contributed by atoms with Crippen LogP contribution in [0.15, 0.2) is 48.8 Å². The second-order valence-corrected chi connectivity index (χ2v) is 6.59. The molecule has 2 amide bonds. The van der Waals surface area contributed by atoms with Crippen molar-refractivity contribution in [3.05, 3.63) is 60.3 Å². The van der Waals surface area contributed by atoms with Crippen LogP contribution in [0, 0.1) is 5.82 Å². The maximum absolute atomic E-state index is 14.0. The molecule has 3 aromatic rings. The van der Waals surface area contributed by atoms with Crippen LogP contribution in [-0.2, 0) is 4.79 Å². The summed E-state index contributed by atoms with van der Waals surface area (Å²) in [6.45, 7) is 3.59. The summed E-state index contributed by atoms with van der Waals surface area (Å²) in [5.74, 6) is -0.429. The predicted molar refractivity (Wildman–Crippen MR) is 98.7 cm³/mol. The Balaban J connectivity index is 1.58. The van der Waals surface area contributed by atoms with Gasteiger partial charge in [0.15, 0.2) is 0 Å². The van der Waals surface area contributed by atoms with Gasteiger partial charge < -0.3 is 14.2 Å². The lowest BCUT2D eigenvalue weighted by Crippen LogP contribution is -2.50. The lowest BCUT2D eigenvalue weighted by Gasteiger charge is -2.33. The monoisotopic (exact) mass is 366 g/mol. The van der Waals surface area contributed by atoms with E-state index in [-0.39, 0.29) is 17.6 Å². The Hall–Kier alpha value is -3.22. The third-order valence-electron chi connectivity index (χ3n) is 4.87. The zero-order chi connectivity index (χ0) is 19.0. The molecule has 27 heavy (non-hydrogen) atoms. The Morgan fingerprint density at radius 2 is 1.67 bits per heavy atom. The first-order valence-electron chi connectivity index (χ1n) is 8.81. The molecule has 1 aliphatic rings. The van der Waals surface area contributed by atoms with E-state index < -0.39 is 0 Å². The van der Waals surface area contributed by atoms with Gasteiger partial charge in [-0.1, -0.05) is 18.2 Å². The molecule has 7 heteroatoms. The minimum absolute atomic E-state index is 0.0236. The molecule has 0 bridgehead atoms. The van der Waals surface area contributed by atoms with Crippen LogP contribution < -0.4 is 0 Å². The lowest BCUT2D eigenvalue weighted by molar-refractivity contribution is -0.130. The third-order valence-corrected chi connectivity index (χ3v) is 4.87. The van der Waals surface area contributed by atoms with Crippen molar-refractivity contribution in [3.63, 3.8) is 0 Å². The van der Waals surface area contributed by atoms with Gasteiger partial charge in [0.1, 0.15) is 17.2 Å². The molecule has 1 saturated heterocycles. The fourth-order valence-electron chi connectivity index (χ4n) is 3.34. The molecule has 0 unspecified atom stereocenters. The average molecular weight is 366 g/mol. The first-order valence-corrected chi connectivity index (χ1v) is 8.81. The number of amides is 2. The molecule has 2 aromatic heterocycles. The molecule has 0 saturated carbocycles. The van der Waals surface area contributed by atoms with Crippen LogP contribution in [-0.4, -0.2) is 57.2 Å². The summed E-state index contributed by atoms with van der Waals surface area (Å²) in [6, 6.07) is 10.1. The number of imidazole rings is 1. The van der Waals surface area contributed by atoms with Gasteiger partial charge in [0.05, 0.1) is 0 Å². The summed E-state index contributed by atoms with van der Waals surface area (Å²) in [4.78, 5) is 32.0. The zero-order valence-corrected chi connectivity index (χ0v) is 14.9. The smallest absolute Gasteiger partial charge is 0.274 e. The molecule has 1 aliphatic heterocycles. The molecule has 0 radical (unpaired) electrons. The van der Waals surface area contributed by atoms with Crippen LogP contribution in [0.4, 0.5) is 4.39 Å². The summed E-state index contributed by atoms with van der Waals surface area (Å²) in [6.07, 6.45) is 3.44. The number of fused-ring (bicyclic) bond motifs is 1. The Bertz CT molecular complexity index is 1020. The first-order chi connectivity index (χ1) is 13.0. The van der Waals surface area contributed by atoms with Crippen molar-refractivity contribution in [2.45, 2.75) is 6.92 Å². The highest BCUT2D eigenvalue weighted by molar-refractivity contribution is 5.93. The van der Waals surface area contributed by atoms with E-state index >= 15 is 0 Å². The normalized spacial score (nSPS) is 14.6. The van der Waals surface area contributed by atoms with Crippen molar-refractivity contribution in [3.8, 4) is 11.1 Å². The maximum atomic E-state index is 14.0. The number of halogens is 1.